The lowest BCUT2D eigenvalue weighted by molar-refractivity contribution is -0.136. The Kier molecular flexibility index (Phi) is 5.57. The average molecular weight is 291 g/mol. The summed E-state index contributed by atoms with van der Waals surface area (Å²) in [5.41, 5.74) is 1.62. The fraction of sp³-hybridized carbons (Fsp3) is 0.467. The third kappa shape index (κ3) is 5.07. The van der Waals surface area contributed by atoms with Crippen molar-refractivity contribution in [2.75, 3.05) is 31.5 Å². The minimum absolute atomic E-state index is 0.0925. The lowest BCUT2D eigenvalue weighted by Gasteiger charge is -2.20. The monoisotopic (exact) mass is 291 g/mol. The molecule has 3 N–H and O–H groups in total. The second-order valence-electron chi connectivity index (χ2n) is 5.11. The maximum atomic E-state index is 12.2. The summed E-state index contributed by atoms with van der Waals surface area (Å²) in [6.07, 6.45) is 1.51. The third-order valence-corrected chi connectivity index (χ3v) is 3.43. The molecule has 1 aliphatic heterocycles. The molecule has 114 valence electrons. The number of aryl methyl sites for hydroxylation is 1. The number of aliphatic carboxylic acids is 1. The highest BCUT2D eigenvalue weighted by molar-refractivity contribution is 5.89. The van der Waals surface area contributed by atoms with Gasteiger partial charge >= 0.3 is 12.0 Å². The number of nitrogens with zero attached hydrogens (tertiary/aromatic N) is 1. The number of hydrogen-bond acceptors (Lipinski definition) is 3. The molecule has 0 bridgehead atoms. The molecule has 1 aromatic rings. The van der Waals surface area contributed by atoms with Crippen LogP contribution in [0.25, 0.3) is 0 Å². The Labute approximate surface area is 124 Å². The molecule has 1 saturated heterocycles. The van der Waals surface area contributed by atoms with Gasteiger partial charge < -0.3 is 20.6 Å². The molecule has 2 amide bonds. The van der Waals surface area contributed by atoms with Crippen molar-refractivity contribution in [1.82, 2.24) is 10.2 Å². The minimum Gasteiger partial charge on any atom is -0.481 e. The number of carbonyl (C=O) groups is 2. The van der Waals surface area contributed by atoms with E-state index in [0.29, 0.717) is 18.7 Å². The molecule has 0 atom stereocenters. The van der Waals surface area contributed by atoms with Crippen LogP contribution in [0.1, 0.15) is 18.4 Å². The molecule has 0 aromatic heterocycles. The van der Waals surface area contributed by atoms with Crippen molar-refractivity contribution in [2.24, 2.45) is 0 Å². The van der Waals surface area contributed by atoms with Crippen molar-refractivity contribution in [3.8, 4) is 0 Å². The van der Waals surface area contributed by atoms with Crippen LogP contribution < -0.4 is 10.6 Å². The fourth-order valence-electron chi connectivity index (χ4n) is 2.31. The van der Waals surface area contributed by atoms with Gasteiger partial charge in [-0.2, -0.15) is 0 Å². The largest absolute Gasteiger partial charge is 0.481 e. The van der Waals surface area contributed by atoms with E-state index in [4.69, 9.17) is 5.11 Å². The quantitative estimate of drug-likeness (QED) is 0.786. The molecule has 0 unspecified atom stereocenters. The van der Waals surface area contributed by atoms with Crippen LogP contribution in [-0.4, -0.2) is 48.2 Å². The summed E-state index contributed by atoms with van der Waals surface area (Å²) in [6.45, 7) is 3.20. The van der Waals surface area contributed by atoms with Crippen molar-refractivity contribution < 1.29 is 14.7 Å². The average Bonchev–Trinajstić information content (AvgIpc) is 2.74. The number of hydrogen-bond donors (Lipinski definition) is 3. The zero-order valence-corrected chi connectivity index (χ0v) is 12.0. The Morgan fingerprint density at radius 2 is 2.14 bits per heavy atom. The Morgan fingerprint density at radius 3 is 2.95 bits per heavy atom. The second-order valence-corrected chi connectivity index (χ2v) is 5.11. The van der Waals surface area contributed by atoms with Gasteiger partial charge in [0.25, 0.3) is 0 Å². The van der Waals surface area contributed by atoms with Crippen LogP contribution in [0.5, 0.6) is 0 Å². The van der Waals surface area contributed by atoms with E-state index < -0.39 is 5.97 Å². The van der Waals surface area contributed by atoms with Crippen molar-refractivity contribution >= 4 is 17.7 Å². The first-order valence-electron chi connectivity index (χ1n) is 7.22. The predicted molar refractivity (Wildman–Crippen MR) is 80.5 cm³/mol. The SMILES string of the molecule is O=C(O)CCc1cccc(NC(=O)N2CCCNCC2)c1. The van der Waals surface area contributed by atoms with Crippen LogP contribution in [0.4, 0.5) is 10.5 Å². The lowest BCUT2D eigenvalue weighted by Crippen LogP contribution is -2.37. The summed E-state index contributed by atoms with van der Waals surface area (Å²) in [4.78, 5) is 24.6. The van der Waals surface area contributed by atoms with Gasteiger partial charge in [0, 0.05) is 31.7 Å². The first-order chi connectivity index (χ1) is 10.1. The van der Waals surface area contributed by atoms with Crippen molar-refractivity contribution in [1.29, 1.82) is 0 Å². The van der Waals surface area contributed by atoms with Crippen LogP contribution >= 0.6 is 0 Å². The van der Waals surface area contributed by atoms with E-state index in [2.05, 4.69) is 10.6 Å². The van der Waals surface area contributed by atoms with Gasteiger partial charge in [-0.15, -0.1) is 0 Å². The molecule has 0 aliphatic carbocycles. The highest BCUT2D eigenvalue weighted by Crippen LogP contribution is 2.13. The molecule has 1 aromatic carbocycles. The van der Waals surface area contributed by atoms with Crippen LogP contribution in [0, 0.1) is 0 Å². The van der Waals surface area contributed by atoms with E-state index in [-0.39, 0.29) is 12.5 Å². The van der Waals surface area contributed by atoms with E-state index in [0.717, 1.165) is 31.6 Å². The zero-order chi connectivity index (χ0) is 15.1. The molecule has 1 heterocycles. The van der Waals surface area contributed by atoms with Gasteiger partial charge in [-0.3, -0.25) is 4.79 Å². The molecule has 1 fully saturated rings. The van der Waals surface area contributed by atoms with Gasteiger partial charge in [-0.1, -0.05) is 12.1 Å². The Balaban J connectivity index is 1.93. The molecule has 0 spiro atoms. The summed E-state index contributed by atoms with van der Waals surface area (Å²) in [6, 6.07) is 7.24. The normalized spacial score (nSPS) is 15.3. The van der Waals surface area contributed by atoms with Gasteiger partial charge in [0.05, 0.1) is 0 Å². The van der Waals surface area contributed by atoms with Gasteiger partial charge in [0.1, 0.15) is 0 Å². The summed E-state index contributed by atoms with van der Waals surface area (Å²) < 4.78 is 0. The highest BCUT2D eigenvalue weighted by Gasteiger charge is 2.15. The number of urea groups is 1. The number of carboxylic acid groups (broad SMARTS) is 1. The molecular formula is C15H21N3O3. The van der Waals surface area contributed by atoms with Crippen molar-refractivity contribution in [2.45, 2.75) is 19.3 Å². The molecule has 1 aliphatic rings. The van der Waals surface area contributed by atoms with E-state index in [1.54, 1.807) is 4.90 Å². The van der Waals surface area contributed by atoms with E-state index in [1.807, 2.05) is 24.3 Å². The number of amides is 2. The first-order valence-corrected chi connectivity index (χ1v) is 7.22. The number of benzene rings is 1. The first kappa shape index (κ1) is 15.3. The second kappa shape index (κ2) is 7.64. The number of anilines is 1. The van der Waals surface area contributed by atoms with Gasteiger partial charge in [-0.05, 0) is 37.1 Å². The molecular weight excluding hydrogens is 270 g/mol. The third-order valence-electron chi connectivity index (χ3n) is 3.43. The summed E-state index contributed by atoms with van der Waals surface area (Å²) in [7, 11) is 0. The molecule has 0 radical (unpaired) electrons. The highest BCUT2D eigenvalue weighted by atomic mass is 16.4. The van der Waals surface area contributed by atoms with Crippen molar-refractivity contribution in [3.63, 3.8) is 0 Å². The molecule has 0 saturated carbocycles. The number of carboxylic acids is 1. The molecule has 6 heteroatoms. The van der Waals surface area contributed by atoms with Crippen LogP contribution in [-0.2, 0) is 11.2 Å². The molecule has 6 nitrogen and oxygen atoms in total. The van der Waals surface area contributed by atoms with E-state index in [9.17, 15) is 9.59 Å². The molecule has 2 rings (SSSR count). The molecule has 21 heavy (non-hydrogen) atoms. The number of rotatable bonds is 4. The number of carbonyl (C=O) groups excluding carboxylic acids is 1. The number of nitrogens with one attached hydrogen (secondary N) is 2. The summed E-state index contributed by atoms with van der Waals surface area (Å²) in [5, 5.41) is 14.8. The lowest BCUT2D eigenvalue weighted by atomic mass is 10.1. The Bertz CT molecular complexity index is 497. The zero-order valence-electron chi connectivity index (χ0n) is 12.0. The van der Waals surface area contributed by atoms with Gasteiger partial charge in [-0.25, -0.2) is 4.79 Å². The maximum Gasteiger partial charge on any atom is 0.321 e. The standard InChI is InChI=1S/C15H21N3O3/c19-14(20)6-5-12-3-1-4-13(11-12)17-15(21)18-9-2-7-16-8-10-18/h1,3-4,11,16H,2,5-10H2,(H,17,21)(H,19,20). The Morgan fingerprint density at radius 1 is 1.29 bits per heavy atom. The summed E-state index contributed by atoms with van der Waals surface area (Å²) in [5.74, 6) is -0.818. The summed E-state index contributed by atoms with van der Waals surface area (Å²) >= 11 is 0. The van der Waals surface area contributed by atoms with Crippen LogP contribution in [0.2, 0.25) is 0 Å². The Hall–Kier alpha value is -2.08. The van der Waals surface area contributed by atoms with Crippen LogP contribution in [0.3, 0.4) is 0 Å². The van der Waals surface area contributed by atoms with Gasteiger partial charge in [0.2, 0.25) is 0 Å². The van der Waals surface area contributed by atoms with Gasteiger partial charge in [0.15, 0.2) is 0 Å². The van der Waals surface area contributed by atoms with E-state index in [1.165, 1.54) is 0 Å². The maximum absolute atomic E-state index is 12.2. The minimum atomic E-state index is -0.818. The smallest absolute Gasteiger partial charge is 0.321 e. The van der Waals surface area contributed by atoms with Crippen LogP contribution in [0.15, 0.2) is 24.3 Å². The topological polar surface area (TPSA) is 81.7 Å². The predicted octanol–water partition coefficient (Wildman–Crippen LogP) is 1.53. The fourth-order valence-corrected chi connectivity index (χ4v) is 2.31. The van der Waals surface area contributed by atoms with Crippen molar-refractivity contribution in [3.05, 3.63) is 29.8 Å². The van der Waals surface area contributed by atoms with E-state index >= 15 is 0 Å².